The van der Waals surface area contributed by atoms with E-state index in [9.17, 15) is 0 Å². The van der Waals surface area contributed by atoms with Gasteiger partial charge in [0, 0.05) is 37.6 Å². The van der Waals surface area contributed by atoms with E-state index in [1.54, 1.807) is 11.3 Å². The second-order valence-corrected chi connectivity index (χ2v) is 7.64. The average molecular weight is 517 g/mol. The summed E-state index contributed by atoms with van der Waals surface area (Å²) >= 11 is 5.29. The van der Waals surface area contributed by atoms with Crippen molar-refractivity contribution in [2.24, 2.45) is 4.99 Å². The van der Waals surface area contributed by atoms with Crippen LogP contribution >= 0.6 is 51.2 Å². The minimum absolute atomic E-state index is 0. The molecule has 2 N–H and O–H groups in total. The fraction of sp³-hybridized carbons (Fsp3) is 0.667. The summed E-state index contributed by atoms with van der Waals surface area (Å²) in [7, 11) is 0. The first kappa shape index (κ1) is 21.1. The molecule has 8 heteroatoms. The molecule has 1 aliphatic heterocycles. The molecule has 2 rings (SSSR count). The zero-order chi connectivity index (χ0) is 15.6. The molecule has 1 aromatic heterocycles. The molecule has 0 spiro atoms. The van der Waals surface area contributed by atoms with Crippen molar-refractivity contribution in [2.45, 2.75) is 13.3 Å². The number of rotatable bonds is 7. The Kier molecular flexibility index (Phi) is 11.5. The van der Waals surface area contributed by atoms with Gasteiger partial charge in [0.25, 0.3) is 0 Å². The molecular formula is C15H26BrIN4OS. The fourth-order valence-corrected chi connectivity index (χ4v) is 3.74. The average Bonchev–Trinajstić information content (AvgIpc) is 2.94. The lowest BCUT2D eigenvalue weighted by Gasteiger charge is -2.25. The minimum atomic E-state index is 0. The monoisotopic (exact) mass is 516 g/mol. The highest BCUT2D eigenvalue weighted by Crippen LogP contribution is 2.21. The summed E-state index contributed by atoms with van der Waals surface area (Å²) in [6, 6.07) is 4.26. The summed E-state index contributed by atoms with van der Waals surface area (Å²) in [6.07, 6.45) is 1.02. The number of hydrogen-bond donors (Lipinski definition) is 2. The van der Waals surface area contributed by atoms with Gasteiger partial charge in [0.05, 0.1) is 23.5 Å². The first-order valence-corrected chi connectivity index (χ1v) is 9.45. The van der Waals surface area contributed by atoms with E-state index < -0.39 is 0 Å². The molecule has 1 aliphatic rings. The van der Waals surface area contributed by atoms with Gasteiger partial charge in [-0.2, -0.15) is 0 Å². The largest absolute Gasteiger partial charge is 0.379 e. The van der Waals surface area contributed by atoms with E-state index in [2.05, 4.69) is 55.5 Å². The van der Waals surface area contributed by atoms with Crippen molar-refractivity contribution in [2.75, 3.05) is 52.5 Å². The van der Waals surface area contributed by atoms with E-state index in [0.29, 0.717) is 0 Å². The number of nitrogens with zero attached hydrogens (tertiary/aromatic N) is 2. The summed E-state index contributed by atoms with van der Waals surface area (Å²) in [5.74, 6) is 0.909. The van der Waals surface area contributed by atoms with Crippen molar-refractivity contribution < 1.29 is 4.74 Å². The molecule has 23 heavy (non-hydrogen) atoms. The Hall–Kier alpha value is 0.1000. The molecule has 132 valence electrons. The number of aliphatic imine (C=N–C) groups is 1. The molecule has 0 atom stereocenters. The van der Waals surface area contributed by atoms with Crippen molar-refractivity contribution in [3.63, 3.8) is 0 Å². The van der Waals surface area contributed by atoms with Crippen LogP contribution in [0.15, 0.2) is 20.9 Å². The Morgan fingerprint density at radius 1 is 1.35 bits per heavy atom. The Morgan fingerprint density at radius 2 is 2.13 bits per heavy atom. The second kappa shape index (κ2) is 12.5. The molecule has 2 heterocycles. The van der Waals surface area contributed by atoms with Crippen LogP contribution in [0.4, 0.5) is 0 Å². The number of hydrogen-bond acceptors (Lipinski definition) is 4. The number of morpholine rings is 1. The van der Waals surface area contributed by atoms with Crippen LogP contribution in [0.25, 0.3) is 0 Å². The van der Waals surface area contributed by atoms with Gasteiger partial charge in [-0.25, -0.2) is 0 Å². The molecule has 0 aliphatic carbocycles. The van der Waals surface area contributed by atoms with E-state index >= 15 is 0 Å². The number of halogens is 2. The SMILES string of the molecule is CCNC(=NCCN1CCOCC1)NCCc1ccc(Br)s1.I. The van der Waals surface area contributed by atoms with E-state index in [0.717, 1.165) is 64.9 Å². The first-order valence-electron chi connectivity index (χ1n) is 7.84. The highest BCUT2D eigenvalue weighted by molar-refractivity contribution is 14.0. The van der Waals surface area contributed by atoms with Crippen LogP contribution in [0, 0.1) is 0 Å². The first-order chi connectivity index (χ1) is 10.8. The molecule has 1 saturated heterocycles. The number of ether oxygens (including phenoxy) is 1. The molecule has 1 fully saturated rings. The maximum Gasteiger partial charge on any atom is 0.191 e. The highest BCUT2D eigenvalue weighted by atomic mass is 127. The quantitative estimate of drug-likeness (QED) is 0.332. The molecule has 0 bridgehead atoms. The minimum Gasteiger partial charge on any atom is -0.379 e. The van der Waals surface area contributed by atoms with Gasteiger partial charge in [-0.05, 0) is 41.4 Å². The van der Waals surface area contributed by atoms with Gasteiger partial charge in [0.15, 0.2) is 5.96 Å². The lowest BCUT2D eigenvalue weighted by Crippen LogP contribution is -2.40. The molecular weight excluding hydrogens is 491 g/mol. The third-order valence-electron chi connectivity index (χ3n) is 3.43. The lowest BCUT2D eigenvalue weighted by molar-refractivity contribution is 0.0394. The Balaban J connectivity index is 0.00000264. The summed E-state index contributed by atoms with van der Waals surface area (Å²) in [5, 5.41) is 6.70. The van der Waals surface area contributed by atoms with Crippen LogP contribution in [0.5, 0.6) is 0 Å². The number of guanidine groups is 1. The summed E-state index contributed by atoms with van der Waals surface area (Å²) in [6.45, 7) is 9.42. The fourth-order valence-electron chi connectivity index (χ4n) is 2.26. The van der Waals surface area contributed by atoms with Gasteiger partial charge in [-0.15, -0.1) is 35.3 Å². The Bertz CT molecular complexity index is 466. The summed E-state index contributed by atoms with van der Waals surface area (Å²) in [5.41, 5.74) is 0. The predicted octanol–water partition coefficient (Wildman–Crippen LogP) is 2.56. The van der Waals surface area contributed by atoms with Gasteiger partial charge in [0.2, 0.25) is 0 Å². The summed E-state index contributed by atoms with van der Waals surface area (Å²) in [4.78, 5) is 8.43. The Labute approximate surface area is 168 Å². The van der Waals surface area contributed by atoms with Crippen molar-refractivity contribution >= 4 is 57.2 Å². The second-order valence-electron chi connectivity index (χ2n) is 5.10. The van der Waals surface area contributed by atoms with Crippen molar-refractivity contribution in [1.82, 2.24) is 15.5 Å². The topological polar surface area (TPSA) is 48.9 Å². The van der Waals surface area contributed by atoms with Crippen LogP contribution in [-0.4, -0.2) is 63.3 Å². The lowest BCUT2D eigenvalue weighted by atomic mass is 10.3. The molecule has 0 unspecified atom stereocenters. The zero-order valence-corrected chi connectivity index (χ0v) is 18.2. The van der Waals surface area contributed by atoms with Gasteiger partial charge in [-0.3, -0.25) is 9.89 Å². The molecule has 1 aromatic rings. The molecule has 0 radical (unpaired) electrons. The molecule has 0 amide bonds. The van der Waals surface area contributed by atoms with Crippen molar-refractivity contribution in [3.8, 4) is 0 Å². The van der Waals surface area contributed by atoms with Gasteiger partial charge in [0.1, 0.15) is 0 Å². The van der Waals surface area contributed by atoms with Crippen LogP contribution in [0.1, 0.15) is 11.8 Å². The van der Waals surface area contributed by atoms with Crippen LogP contribution < -0.4 is 10.6 Å². The molecule has 5 nitrogen and oxygen atoms in total. The van der Waals surface area contributed by atoms with Crippen LogP contribution in [0.2, 0.25) is 0 Å². The van der Waals surface area contributed by atoms with E-state index in [1.165, 1.54) is 8.66 Å². The predicted molar refractivity (Wildman–Crippen MR) is 112 cm³/mol. The normalized spacial score (nSPS) is 16.0. The van der Waals surface area contributed by atoms with Crippen molar-refractivity contribution in [3.05, 3.63) is 20.8 Å². The van der Waals surface area contributed by atoms with E-state index in [1.807, 2.05) is 0 Å². The van der Waals surface area contributed by atoms with Crippen molar-refractivity contribution in [1.29, 1.82) is 0 Å². The zero-order valence-electron chi connectivity index (χ0n) is 13.5. The summed E-state index contributed by atoms with van der Waals surface area (Å²) < 4.78 is 6.55. The Morgan fingerprint density at radius 3 is 2.78 bits per heavy atom. The van der Waals surface area contributed by atoms with Gasteiger partial charge >= 0.3 is 0 Å². The third kappa shape index (κ3) is 8.67. The number of nitrogens with one attached hydrogen (secondary N) is 2. The van der Waals surface area contributed by atoms with Gasteiger partial charge in [-0.1, -0.05) is 0 Å². The molecule has 0 aromatic carbocycles. The standard InChI is InChI=1S/C15H25BrN4OS.HI/c1-2-17-15(18-6-5-13-3-4-14(16)22-13)19-7-8-20-9-11-21-12-10-20;/h3-4H,2,5-12H2,1H3,(H2,17,18,19);1H. The van der Waals surface area contributed by atoms with Gasteiger partial charge < -0.3 is 15.4 Å². The van der Waals surface area contributed by atoms with Crippen LogP contribution in [0.3, 0.4) is 0 Å². The molecule has 0 saturated carbocycles. The number of thiophene rings is 1. The third-order valence-corrected chi connectivity index (χ3v) is 5.11. The maximum absolute atomic E-state index is 5.36. The highest BCUT2D eigenvalue weighted by Gasteiger charge is 2.09. The smallest absolute Gasteiger partial charge is 0.191 e. The van der Waals surface area contributed by atoms with E-state index in [-0.39, 0.29) is 24.0 Å². The van der Waals surface area contributed by atoms with Crippen LogP contribution in [-0.2, 0) is 11.2 Å². The van der Waals surface area contributed by atoms with E-state index in [4.69, 9.17) is 4.74 Å². The maximum atomic E-state index is 5.36.